The van der Waals surface area contributed by atoms with Crippen molar-refractivity contribution in [2.75, 3.05) is 13.1 Å². The number of imide groups is 1. The van der Waals surface area contributed by atoms with Gasteiger partial charge in [0.1, 0.15) is 13.1 Å². The Bertz CT molecular complexity index is 766. The lowest BCUT2D eigenvalue weighted by Crippen LogP contribution is -2.41. The molecule has 0 aromatic heterocycles. The van der Waals surface area contributed by atoms with Crippen molar-refractivity contribution in [2.45, 2.75) is 0 Å². The van der Waals surface area contributed by atoms with Crippen LogP contribution in [0.4, 0.5) is 4.79 Å². The second kappa shape index (κ2) is 7.69. The average molecular weight is 389 g/mol. The number of hydrogen-bond donors (Lipinski definition) is 2. The summed E-state index contributed by atoms with van der Waals surface area (Å²) in [6.07, 6.45) is 1.41. The monoisotopic (exact) mass is 388 g/mol. The molecular formula is C14H10Cl2N2O5S. The SMILES string of the molecule is O=C(O)CNC(=O)CN1C(=O)S/C(=C\c2cccc(Cl)c2Cl)C1=O. The molecule has 126 valence electrons. The zero-order valence-corrected chi connectivity index (χ0v) is 14.2. The molecule has 0 spiro atoms. The predicted molar refractivity (Wildman–Crippen MR) is 89.8 cm³/mol. The van der Waals surface area contributed by atoms with Gasteiger partial charge in [-0.25, -0.2) is 0 Å². The van der Waals surface area contributed by atoms with E-state index in [-0.39, 0.29) is 9.93 Å². The number of nitrogens with zero attached hydrogens (tertiary/aromatic N) is 1. The minimum atomic E-state index is -1.23. The first-order chi connectivity index (χ1) is 11.3. The van der Waals surface area contributed by atoms with E-state index in [1.807, 2.05) is 0 Å². The fourth-order valence-electron chi connectivity index (χ4n) is 1.78. The average Bonchev–Trinajstić information content (AvgIpc) is 2.77. The Labute approximate surface area is 150 Å². The van der Waals surface area contributed by atoms with Crippen LogP contribution in [0.25, 0.3) is 6.08 Å². The van der Waals surface area contributed by atoms with E-state index in [0.29, 0.717) is 22.3 Å². The molecule has 1 aromatic carbocycles. The van der Waals surface area contributed by atoms with Crippen molar-refractivity contribution in [3.63, 3.8) is 0 Å². The van der Waals surface area contributed by atoms with Crippen LogP contribution in [-0.4, -0.2) is 46.1 Å². The van der Waals surface area contributed by atoms with Crippen LogP contribution in [0, 0.1) is 0 Å². The highest BCUT2D eigenvalue weighted by molar-refractivity contribution is 8.18. The van der Waals surface area contributed by atoms with Gasteiger partial charge in [-0.05, 0) is 29.5 Å². The summed E-state index contributed by atoms with van der Waals surface area (Å²) in [6, 6.07) is 4.85. The summed E-state index contributed by atoms with van der Waals surface area (Å²) in [5.41, 5.74) is 0.463. The number of carboxylic acids is 1. The number of benzene rings is 1. The molecule has 1 aromatic rings. The summed E-state index contributed by atoms with van der Waals surface area (Å²) in [5, 5.41) is 10.5. The second-order valence-corrected chi connectivity index (χ2v) is 6.36. The van der Waals surface area contributed by atoms with E-state index >= 15 is 0 Å². The summed E-state index contributed by atoms with van der Waals surface area (Å²) in [5.74, 6) is -2.64. The smallest absolute Gasteiger partial charge is 0.322 e. The minimum Gasteiger partial charge on any atom is -0.480 e. The molecule has 1 saturated heterocycles. The quantitative estimate of drug-likeness (QED) is 0.749. The zero-order valence-electron chi connectivity index (χ0n) is 11.9. The third kappa shape index (κ3) is 4.28. The van der Waals surface area contributed by atoms with E-state index in [0.717, 1.165) is 4.90 Å². The van der Waals surface area contributed by atoms with E-state index in [4.69, 9.17) is 28.3 Å². The molecule has 1 fully saturated rings. The zero-order chi connectivity index (χ0) is 17.9. The van der Waals surface area contributed by atoms with Gasteiger partial charge in [-0.2, -0.15) is 0 Å². The van der Waals surface area contributed by atoms with Crippen molar-refractivity contribution in [3.8, 4) is 0 Å². The van der Waals surface area contributed by atoms with Crippen molar-refractivity contribution in [1.82, 2.24) is 10.2 Å². The van der Waals surface area contributed by atoms with E-state index in [9.17, 15) is 19.2 Å². The minimum absolute atomic E-state index is 0.0928. The van der Waals surface area contributed by atoms with Crippen LogP contribution >= 0.6 is 35.0 Å². The molecule has 2 rings (SSSR count). The fourth-order valence-corrected chi connectivity index (χ4v) is 2.97. The largest absolute Gasteiger partial charge is 0.480 e. The number of aliphatic carboxylic acids is 1. The summed E-state index contributed by atoms with van der Waals surface area (Å²) < 4.78 is 0. The third-order valence-electron chi connectivity index (χ3n) is 2.88. The van der Waals surface area contributed by atoms with E-state index < -0.39 is 36.1 Å². The van der Waals surface area contributed by atoms with Crippen molar-refractivity contribution >= 4 is 64.1 Å². The lowest BCUT2D eigenvalue weighted by atomic mass is 10.2. The van der Waals surface area contributed by atoms with Gasteiger partial charge in [0.2, 0.25) is 5.91 Å². The van der Waals surface area contributed by atoms with Gasteiger partial charge >= 0.3 is 5.97 Å². The van der Waals surface area contributed by atoms with Crippen LogP contribution in [0.5, 0.6) is 0 Å². The molecule has 3 amide bonds. The normalized spacial score (nSPS) is 15.9. The van der Waals surface area contributed by atoms with Crippen LogP contribution in [0.15, 0.2) is 23.1 Å². The van der Waals surface area contributed by atoms with E-state index in [1.54, 1.807) is 18.2 Å². The Morgan fingerprint density at radius 2 is 2.00 bits per heavy atom. The van der Waals surface area contributed by atoms with Gasteiger partial charge in [0.15, 0.2) is 0 Å². The van der Waals surface area contributed by atoms with Gasteiger partial charge in [0.25, 0.3) is 11.1 Å². The maximum atomic E-state index is 12.2. The molecule has 2 N–H and O–H groups in total. The lowest BCUT2D eigenvalue weighted by Gasteiger charge is -2.11. The molecule has 0 unspecified atom stereocenters. The van der Waals surface area contributed by atoms with E-state index in [1.165, 1.54) is 6.08 Å². The second-order valence-electron chi connectivity index (χ2n) is 4.58. The Morgan fingerprint density at radius 3 is 2.67 bits per heavy atom. The Morgan fingerprint density at radius 1 is 1.29 bits per heavy atom. The number of carboxylic acid groups (broad SMARTS) is 1. The number of carbonyl (C=O) groups excluding carboxylic acids is 3. The third-order valence-corrected chi connectivity index (χ3v) is 4.62. The maximum absolute atomic E-state index is 12.2. The summed E-state index contributed by atoms with van der Waals surface area (Å²) in [6.45, 7) is -1.15. The number of hydrogen-bond acceptors (Lipinski definition) is 5. The molecule has 1 aliphatic heterocycles. The number of thioether (sulfide) groups is 1. The molecule has 0 bridgehead atoms. The Hall–Kier alpha value is -2.03. The highest BCUT2D eigenvalue weighted by atomic mass is 35.5. The number of nitrogens with one attached hydrogen (secondary N) is 1. The van der Waals surface area contributed by atoms with Crippen LogP contribution in [0.1, 0.15) is 5.56 Å². The first kappa shape index (κ1) is 18.3. The van der Waals surface area contributed by atoms with Gasteiger partial charge in [-0.15, -0.1) is 0 Å². The molecule has 0 atom stereocenters. The van der Waals surface area contributed by atoms with Crippen LogP contribution in [-0.2, 0) is 14.4 Å². The van der Waals surface area contributed by atoms with Gasteiger partial charge in [-0.3, -0.25) is 24.1 Å². The summed E-state index contributed by atoms with van der Waals surface area (Å²) in [7, 11) is 0. The standard InChI is InChI=1S/C14H10Cl2N2O5S/c15-8-3-1-2-7(12(8)16)4-9-13(22)18(14(23)24-9)6-10(19)17-5-11(20)21/h1-4H,5-6H2,(H,17,19)(H,20,21)/b9-4-. The molecule has 24 heavy (non-hydrogen) atoms. The van der Waals surface area contributed by atoms with Crippen LogP contribution in [0.3, 0.4) is 0 Å². The number of carbonyl (C=O) groups is 4. The summed E-state index contributed by atoms with van der Waals surface area (Å²) >= 11 is 12.6. The molecule has 10 heteroatoms. The van der Waals surface area contributed by atoms with Crippen molar-refractivity contribution in [1.29, 1.82) is 0 Å². The number of halogens is 2. The van der Waals surface area contributed by atoms with Crippen LogP contribution < -0.4 is 5.32 Å². The van der Waals surface area contributed by atoms with Crippen molar-refractivity contribution in [3.05, 3.63) is 38.7 Å². The molecule has 7 nitrogen and oxygen atoms in total. The number of rotatable bonds is 5. The highest BCUT2D eigenvalue weighted by Crippen LogP contribution is 2.34. The van der Waals surface area contributed by atoms with Gasteiger partial charge in [0.05, 0.1) is 15.0 Å². The fraction of sp³-hybridized carbons (Fsp3) is 0.143. The number of amides is 3. The molecule has 1 heterocycles. The Balaban J connectivity index is 2.14. The molecular weight excluding hydrogens is 379 g/mol. The topological polar surface area (TPSA) is 104 Å². The van der Waals surface area contributed by atoms with Crippen molar-refractivity contribution in [2.24, 2.45) is 0 Å². The van der Waals surface area contributed by atoms with E-state index in [2.05, 4.69) is 5.32 Å². The summed E-state index contributed by atoms with van der Waals surface area (Å²) in [4.78, 5) is 46.9. The first-order valence-electron chi connectivity index (χ1n) is 6.47. The van der Waals surface area contributed by atoms with Gasteiger partial charge in [0, 0.05) is 0 Å². The molecule has 0 saturated carbocycles. The lowest BCUT2D eigenvalue weighted by molar-refractivity contribution is -0.138. The highest BCUT2D eigenvalue weighted by Gasteiger charge is 2.36. The predicted octanol–water partition coefficient (Wildman–Crippen LogP) is 2.23. The maximum Gasteiger partial charge on any atom is 0.322 e. The van der Waals surface area contributed by atoms with Gasteiger partial charge in [-0.1, -0.05) is 35.3 Å². The Kier molecular flexibility index (Phi) is 5.87. The molecule has 0 radical (unpaired) electrons. The van der Waals surface area contributed by atoms with Gasteiger partial charge < -0.3 is 10.4 Å². The molecule has 0 aliphatic carbocycles. The first-order valence-corrected chi connectivity index (χ1v) is 8.04. The van der Waals surface area contributed by atoms with Crippen molar-refractivity contribution < 1.29 is 24.3 Å². The molecule has 1 aliphatic rings. The van der Waals surface area contributed by atoms with Crippen LogP contribution in [0.2, 0.25) is 10.0 Å².